The van der Waals surface area contributed by atoms with Gasteiger partial charge in [-0.2, -0.15) is 52.6 Å². The average Bonchev–Trinajstić information content (AvgIpc) is 3.47. The zero-order valence-electron chi connectivity index (χ0n) is 22.0. The third-order valence-corrected chi connectivity index (χ3v) is 7.03. The van der Waals surface area contributed by atoms with Gasteiger partial charge in [0.2, 0.25) is 0 Å². The largest absolute Gasteiger partial charge is 0.179 e. The number of halogens is 2. The third kappa shape index (κ3) is 8.73. The van der Waals surface area contributed by atoms with Crippen molar-refractivity contribution in [2.45, 2.75) is 59.3 Å². The maximum atomic E-state index is 3.30. The van der Waals surface area contributed by atoms with Crippen molar-refractivity contribution in [3.8, 4) is 11.1 Å². The molecule has 4 aromatic rings. The van der Waals surface area contributed by atoms with Crippen molar-refractivity contribution >= 4 is 3.71 Å². The molecule has 0 aromatic heterocycles. The van der Waals surface area contributed by atoms with Crippen LogP contribution in [0.2, 0.25) is 0 Å². The van der Waals surface area contributed by atoms with Crippen LogP contribution in [-0.4, -0.2) is 3.71 Å². The fourth-order valence-electron chi connectivity index (χ4n) is 4.36. The van der Waals surface area contributed by atoms with Gasteiger partial charge in [-0.1, -0.05) is 88.3 Å². The first-order valence-electron chi connectivity index (χ1n) is 12.3. The molecular weight excluding hydrogens is 558 g/mol. The van der Waals surface area contributed by atoms with E-state index in [9.17, 15) is 0 Å². The Morgan fingerprint density at radius 2 is 1.50 bits per heavy atom. The number of rotatable bonds is 3. The molecule has 188 valence electrons. The second-order valence-electron chi connectivity index (χ2n) is 9.71. The Kier molecular flexibility index (Phi) is 14.0. The molecule has 0 nitrogen and oxygen atoms in total. The van der Waals surface area contributed by atoms with Gasteiger partial charge in [0, 0.05) is 0 Å². The minimum absolute atomic E-state index is 0. The topological polar surface area (TPSA) is 0 Å². The van der Waals surface area contributed by atoms with Crippen molar-refractivity contribution in [3.05, 3.63) is 124 Å². The third-order valence-electron chi connectivity index (χ3n) is 6.22. The normalized spacial score (nSPS) is 10.8. The van der Waals surface area contributed by atoms with Gasteiger partial charge < -0.3 is 24.8 Å². The van der Waals surface area contributed by atoms with E-state index in [-0.39, 0.29) is 24.8 Å². The fourth-order valence-corrected chi connectivity index (χ4v) is 4.84. The Labute approximate surface area is 246 Å². The first-order valence-corrected chi connectivity index (χ1v) is 13.7. The fraction of sp³-hybridized carbons (Fsp3) is 0.273. The molecule has 0 bridgehead atoms. The van der Waals surface area contributed by atoms with E-state index in [2.05, 4.69) is 117 Å². The van der Waals surface area contributed by atoms with Crippen LogP contribution in [0.5, 0.6) is 0 Å². The number of benzene rings is 3. The van der Waals surface area contributed by atoms with Crippen LogP contribution < -0.4 is 24.8 Å². The number of hydrogen-bond donors (Lipinski definition) is 0. The van der Waals surface area contributed by atoms with Crippen molar-refractivity contribution in [1.29, 1.82) is 0 Å². The summed E-state index contributed by atoms with van der Waals surface area (Å²) < 4.78 is 2.17. The van der Waals surface area contributed by atoms with Crippen molar-refractivity contribution in [2.24, 2.45) is 0 Å². The van der Waals surface area contributed by atoms with Crippen LogP contribution in [0.25, 0.3) is 11.1 Å². The molecule has 0 heterocycles. The van der Waals surface area contributed by atoms with Crippen LogP contribution in [-0.2, 0) is 48.9 Å². The average molecular weight is 595 g/mol. The summed E-state index contributed by atoms with van der Waals surface area (Å²) in [6, 6.07) is 33.2. The molecule has 0 aliphatic heterocycles. The molecular formula is C33H36Cl2Zr-2. The maximum Gasteiger partial charge on any atom is -0.0253 e. The van der Waals surface area contributed by atoms with Crippen molar-refractivity contribution in [2.75, 3.05) is 0 Å². The summed E-state index contributed by atoms with van der Waals surface area (Å²) in [6.45, 7) is 11.3. The van der Waals surface area contributed by atoms with Crippen molar-refractivity contribution < 1.29 is 49.0 Å². The number of hydrogen-bond acceptors (Lipinski definition) is 0. The summed E-state index contributed by atoms with van der Waals surface area (Å²) in [7, 11) is 0. The van der Waals surface area contributed by atoms with Crippen molar-refractivity contribution in [3.63, 3.8) is 0 Å². The van der Waals surface area contributed by atoms with Gasteiger partial charge in [-0.05, 0) is 6.42 Å². The first-order chi connectivity index (χ1) is 16.4. The van der Waals surface area contributed by atoms with Crippen molar-refractivity contribution in [1.82, 2.24) is 0 Å². The summed E-state index contributed by atoms with van der Waals surface area (Å²) in [4.78, 5) is 0. The zero-order chi connectivity index (χ0) is 24.6. The molecule has 1 aliphatic carbocycles. The SMILES string of the molecule is CCc1cc(C(C)(C)C)c(CC)[cH-]1.[Cl-].[Cl-].[Zr+2]=[CH]c1ccccc1.[c-]1cccc2c1Cc1ccccc1-2. The van der Waals surface area contributed by atoms with Gasteiger partial charge in [0.15, 0.2) is 0 Å². The second-order valence-corrected chi connectivity index (χ2v) is 10.4. The smallest absolute Gasteiger partial charge is 0.0253 e. The Hall–Kier alpha value is -1.66. The molecule has 0 fully saturated rings. The molecule has 4 aromatic carbocycles. The first kappa shape index (κ1) is 32.4. The summed E-state index contributed by atoms with van der Waals surface area (Å²) in [5, 5.41) is 0. The van der Waals surface area contributed by atoms with Gasteiger partial charge >= 0.3 is 63.8 Å². The second kappa shape index (κ2) is 15.6. The quantitative estimate of drug-likeness (QED) is 0.282. The van der Waals surface area contributed by atoms with E-state index in [0.717, 1.165) is 19.3 Å². The summed E-state index contributed by atoms with van der Waals surface area (Å²) in [5.41, 5.74) is 11.7. The van der Waals surface area contributed by atoms with Crippen LogP contribution in [0.4, 0.5) is 0 Å². The molecule has 0 amide bonds. The molecule has 5 rings (SSSR count). The molecule has 0 radical (unpaired) electrons. The van der Waals surface area contributed by atoms with E-state index in [1.807, 2.05) is 12.1 Å². The molecule has 0 saturated carbocycles. The van der Waals surface area contributed by atoms with E-state index >= 15 is 0 Å². The summed E-state index contributed by atoms with van der Waals surface area (Å²) >= 11 is 1.46. The van der Waals surface area contributed by atoms with Crippen LogP contribution in [0, 0.1) is 6.07 Å². The molecule has 1 aliphatic rings. The monoisotopic (exact) mass is 592 g/mol. The zero-order valence-corrected chi connectivity index (χ0v) is 26.0. The van der Waals surface area contributed by atoms with Crippen LogP contribution in [0.3, 0.4) is 0 Å². The molecule has 0 atom stereocenters. The molecule has 0 N–H and O–H groups in total. The Balaban J connectivity index is 0.000000271. The number of aryl methyl sites for hydroxylation is 2. The minimum Gasteiger partial charge on any atom is -0.179 e. The minimum atomic E-state index is 0. The molecule has 0 spiro atoms. The van der Waals surface area contributed by atoms with E-state index in [1.54, 1.807) is 0 Å². The Morgan fingerprint density at radius 1 is 0.861 bits per heavy atom. The Bertz CT molecular complexity index is 1160. The van der Waals surface area contributed by atoms with E-state index in [0.29, 0.717) is 5.41 Å². The number of fused-ring (bicyclic) bond motifs is 3. The predicted molar refractivity (Wildman–Crippen MR) is 145 cm³/mol. The molecule has 3 heteroatoms. The predicted octanol–water partition coefficient (Wildman–Crippen LogP) is 2.28. The maximum absolute atomic E-state index is 3.30. The van der Waals surface area contributed by atoms with Gasteiger partial charge in [0.25, 0.3) is 0 Å². The van der Waals surface area contributed by atoms with E-state index < -0.39 is 0 Å². The van der Waals surface area contributed by atoms with Crippen LogP contribution in [0.15, 0.2) is 84.9 Å². The Morgan fingerprint density at radius 3 is 2.06 bits per heavy atom. The van der Waals surface area contributed by atoms with Gasteiger partial charge in [0.1, 0.15) is 0 Å². The van der Waals surface area contributed by atoms with E-state index in [4.69, 9.17) is 0 Å². The van der Waals surface area contributed by atoms with Gasteiger partial charge in [-0.15, -0.1) is 5.56 Å². The molecule has 0 saturated heterocycles. The van der Waals surface area contributed by atoms with Gasteiger partial charge in [0.05, 0.1) is 0 Å². The summed E-state index contributed by atoms with van der Waals surface area (Å²) in [5.74, 6) is 0. The molecule has 36 heavy (non-hydrogen) atoms. The standard InChI is InChI=1S/C13H9.C13H21.C7H6.2ClH.Zr/c1-3-7-12-10(5-1)9-11-6-2-4-8-13(11)12;1-6-10-8-11(7-2)12(9-10)13(3,4)5;1-7-5-3-2-4-6-7;;;/h1-5,7-8H,9H2;8-9H,6-7H2,1-5H3;1-6H;2*1H;/q2*-1;;;;+2/p-2. The molecule has 0 unspecified atom stereocenters. The van der Waals surface area contributed by atoms with Crippen LogP contribution in [0.1, 0.15) is 68.0 Å². The van der Waals surface area contributed by atoms with E-state index in [1.165, 1.54) is 68.7 Å². The van der Waals surface area contributed by atoms with Gasteiger partial charge in [-0.3, -0.25) is 0 Å². The summed E-state index contributed by atoms with van der Waals surface area (Å²) in [6.07, 6.45) is 3.36. The van der Waals surface area contributed by atoms with Crippen LogP contribution >= 0.6 is 0 Å². The van der Waals surface area contributed by atoms with Gasteiger partial charge in [-0.25, -0.2) is 6.07 Å².